The van der Waals surface area contributed by atoms with Gasteiger partial charge in [-0.3, -0.25) is 0 Å². The van der Waals surface area contributed by atoms with E-state index in [-0.39, 0.29) is 0 Å². The van der Waals surface area contributed by atoms with Crippen molar-refractivity contribution in [3.8, 4) is 0 Å². The molecule has 0 amide bonds. The lowest BCUT2D eigenvalue weighted by Gasteiger charge is -1.94. The molecule has 2 heterocycles. The number of fused-ring (bicyclic) bond motifs is 7. The van der Waals surface area contributed by atoms with Crippen molar-refractivity contribution in [1.82, 2.24) is 0 Å². The Morgan fingerprint density at radius 1 is 0.619 bits per heavy atom. The van der Waals surface area contributed by atoms with E-state index in [0.717, 1.165) is 49.3 Å². The first kappa shape index (κ1) is 11.0. The summed E-state index contributed by atoms with van der Waals surface area (Å²) in [6.07, 6.45) is 0. The standard InChI is InChI=1S/C18H11BO2/c19-12-6-3-5-11-17-15(21-18(11)12)9-8-14-16(17)10-4-1-2-7-13(10)20-14/h1-9H,19H2. The Labute approximate surface area is 121 Å². The molecule has 21 heavy (non-hydrogen) atoms. The van der Waals surface area contributed by atoms with Crippen molar-refractivity contribution in [2.75, 3.05) is 0 Å². The molecule has 5 aromatic rings. The summed E-state index contributed by atoms with van der Waals surface area (Å²) in [6, 6.07) is 18.4. The molecule has 3 heteroatoms. The van der Waals surface area contributed by atoms with Gasteiger partial charge in [-0.15, -0.1) is 0 Å². The van der Waals surface area contributed by atoms with Crippen LogP contribution in [0.1, 0.15) is 0 Å². The summed E-state index contributed by atoms with van der Waals surface area (Å²) in [6.45, 7) is 0. The van der Waals surface area contributed by atoms with Crippen LogP contribution in [0.25, 0.3) is 43.9 Å². The quantitative estimate of drug-likeness (QED) is 0.401. The maximum absolute atomic E-state index is 6.07. The summed E-state index contributed by atoms with van der Waals surface area (Å²) < 4.78 is 12.0. The van der Waals surface area contributed by atoms with Gasteiger partial charge in [-0.1, -0.05) is 36.4 Å². The Kier molecular flexibility index (Phi) is 1.94. The number of hydrogen-bond donors (Lipinski definition) is 0. The minimum absolute atomic E-state index is 0.910. The van der Waals surface area contributed by atoms with Gasteiger partial charge in [-0.2, -0.15) is 0 Å². The van der Waals surface area contributed by atoms with Crippen LogP contribution in [0.2, 0.25) is 0 Å². The lowest BCUT2D eigenvalue weighted by atomic mass is 9.93. The van der Waals surface area contributed by atoms with Crippen molar-refractivity contribution in [2.45, 2.75) is 0 Å². The van der Waals surface area contributed by atoms with Crippen LogP contribution in [0.4, 0.5) is 0 Å². The zero-order valence-corrected chi connectivity index (χ0v) is 11.5. The monoisotopic (exact) mass is 270 g/mol. The minimum Gasteiger partial charge on any atom is -0.457 e. The normalized spacial score (nSPS) is 12.0. The van der Waals surface area contributed by atoms with Crippen molar-refractivity contribution >= 4 is 57.2 Å². The van der Waals surface area contributed by atoms with Gasteiger partial charge >= 0.3 is 0 Å². The molecule has 0 aliphatic heterocycles. The van der Waals surface area contributed by atoms with Gasteiger partial charge in [0.2, 0.25) is 0 Å². The summed E-state index contributed by atoms with van der Waals surface area (Å²) in [5, 5.41) is 4.59. The van der Waals surface area contributed by atoms with Crippen LogP contribution in [0.15, 0.2) is 63.4 Å². The molecule has 2 nitrogen and oxygen atoms in total. The molecule has 5 rings (SSSR count). The smallest absolute Gasteiger partial charge is 0.144 e. The molecule has 0 fully saturated rings. The predicted octanol–water partition coefficient (Wildman–Crippen LogP) is 3.74. The molecule has 2 aromatic heterocycles. The molecule has 0 aliphatic rings. The highest BCUT2D eigenvalue weighted by molar-refractivity contribution is 6.40. The molecule has 0 aliphatic carbocycles. The molecule has 0 saturated heterocycles. The van der Waals surface area contributed by atoms with Gasteiger partial charge in [0, 0.05) is 21.5 Å². The summed E-state index contributed by atoms with van der Waals surface area (Å²) in [5.41, 5.74) is 4.86. The number of para-hydroxylation sites is 2. The second-order valence-electron chi connectivity index (χ2n) is 5.46. The van der Waals surface area contributed by atoms with Crippen LogP contribution in [-0.2, 0) is 0 Å². The van der Waals surface area contributed by atoms with E-state index in [9.17, 15) is 0 Å². The maximum atomic E-state index is 6.07. The molecule has 0 spiro atoms. The SMILES string of the molecule is Bc1cccc2c1oc1ccc3oc4ccccc4c3c12. The maximum Gasteiger partial charge on any atom is 0.144 e. The molecule has 0 unspecified atom stereocenters. The molecule has 0 saturated carbocycles. The van der Waals surface area contributed by atoms with Crippen LogP contribution < -0.4 is 5.46 Å². The van der Waals surface area contributed by atoms with Gasteiger partial charge in [0.15, 0.2) is 0 Å². The highest BCUT2D eigenvalue weighted by atomic mass is 16.3. The van der Waals surface area contributed by atoms with Gasteiger partial charge in [0.25, 0.3) is 0 Å². The number of hydrogen-bond acceptors (Lipinski definition) is 2. The second kappa shape index (κ2) is 3.70. The number of furan rings is 2. The summed E-state index contributed by atoms with van der Waals surface area (Å²) in [7, 11) is 2.08. The Balaban J connectivity index is 2.17. The largest absolute Gasteiger partial charge is 0.457 e. The summed E-state index contributed by atoms with van der Waals surface area (Å²) >= 11 is 0. The Bertz CT molecular complexity index is 1150. The topological polar surface area (TPSA) is 26.3 Å². The van der Waals surface area contributed by atoms with Crippen LogP contribution in [0.5, 0.6) is 0 Å². The van der Waals surface area contributed by atoms with E-state index in [1.807, 2.05) is 30.3 Å². The van der Waals surface area contributed by atoms with Crippen LogP contribution in [0, 0.1) is 0 Å². The van der Waals surface area contributed by atoms with Crippen LogP contribution in [0.3, 0.4) is 0 Å². The molecule has 0 radical (unpaired) electrons. The van der Waals surface area contributed by atoms with Crippen LogP contribution >= 0.6 is 0 Å². The van der Waals surface area contributed by atoms with E-state index in [4.69, 9.17) is 8.83 Å². The third kappa shape index (κ3) is 1.33. The Morgan fingerprint density at radius 2 is 1.33 bits per heavy atom. The molecule has 3 aromatic carbocycles. The van der Waals surface area contributed by atoms with Crippen molar-refractivity contribution in [3.05, 3.63) is 54.6 Å². The highest BCUT2D eigenvalue weighted by Gasteiger charge is 2.16. The summed E-state index contributed by atoms with van der Waals surface area (Å²) in [4.78, 5) is 0. The minimum atomic E-state index is 0.910. The first-order valence-corrected chi connectivity index (χ1v) is 7.05. The molecule has 0 atom stereocenters. The van der Waals surface area contributed by atoms with Gasteiger partial charge in [0.1, 0.15) is 30.2 Å². The fourth-order valence-corrected chi connectivity index (χ4v) is 3.24. The number of benzene rings is 3. The zero-order chi connectivity index (χ0) is 14.0. The van der Waals surface area contributed by atoms with Gasteiger partial charge in [-0.05, 0) is 23.7 Å². The molecular formula is C18H11BO2. The zero-order valence-electron chi connectivity index (χ0n) is 11.5. The third-order valence-corrected chi connectivity index (χ3v) is 4.20. The number of rotatable bonds is 0. The molecule has 98 valence electrons. The lowest BCUT2D eigenvalue weighted by Crippen LogP contribution is -2.00. The second-order valence-corrected chi connectivity index (χ2v) is 5.46. The van der Waals surface area contributed by atoms with E-state index in [1.54, 1.807) is 0 Å². The van der Waals surface area contributed by atoms with Gasteiger partial charge < -0.3 is 8.83 Å². The summed E-state index contributed by atoms with van der Waals surface area (Å²) in [5.74, 6) is 0. The van der Waals surface area contributed by atoms with Gasteiger partial charge in [-0.25, -0.2) is 0 Å². The van der Waals surface area contributed by atoms with E-state index in [0.29, 0.717) is 0 Å². The fraction of sp³-hybridized carbons (Fsp3) is 0. The van der Waals surface area contributed by atoms with Crippen molar-refractivity contribution in [1.29, 1.82) is 0 Å². The first-order valence-electron chi connectivity index (χ1n) is 7.05. The van der Waals surface area contributed by atoms with E-state index >= 15 is 0 Å². The first-order chi connectivity index (χ1) is 10.3. The lowest BCUT2D eigenvalue weighted by molar-refractivity contribution is 0.664. The van der Waals surface area contributed by atoms with E-state index in [2.05, 4.69) is 32.1 Å². The van der Waals surface area contributed by atoms with E-state index < -0.39 is 0 Å². The Hall–Kier alpha value is -2.68. The predicted molar refractivity (Wildman–Crippen MR) is 89.2 cm³/mol. The van der Waals surface area contributed by atoms with Gasteiger partial charge in [0.05, 0.1) is 0 Å². The molecule has 0 N–H and O–H groups in total. The highest BCUT2D eigenvalue weighted by Crippen LogP contribution is 2.38. The van der Waals surface area contributed by atoms with E-state index in [1.165, 1.54) is 0 Å². The fourth-order valence-electron chi connectivity index (χ4n) is 3.24. The average molecular weight is 270 g/mol. The average Bonchev–Trinajstić information content (AvgIpc) is 3.05. The van der Waals surface area contributed by atoms with Crippen molar-refractivity contribution in [2.24, 2.45) is 0 Å². The van der Waals surface area contributed by atoms with Crippen molar-refractivity contribution < 1.29 is 8.83 Å². The molecular weight excluding hydrogens is 259 g/mol. The van der Waals surface area contributed by atoms with Crippen molar-refractivity contribution in [3.63, 3.8) is 0 Å². The third-order valence-electron chi connectivity index (χ3n) is 4.20. The molecule has 0 bridgehead atoms. The van der Waals surface area contributed by atoms with Crippen LogP contribution in [-0.4, -0.2) is 7.85 Å². The Morgan fingerprint density at radius 3 is 2.24 bits per heavy atom.